The molecule has 9 heteroatoms. The van der Waals surface area contributed by atoms with Gasteiger partial charge in [0.05, 0.1) is 20.2 Å². The smallest absolute Gasteiger partial charge is 0.351 e. The fourth-order valence-corrected chi connectivity index (χ4v) is 2.94. The van der Waals surface area contributed by atoms with E-state index in [0.29, 0.717) is 16.9 Å². The Morgan fingerprint density at radius 3 is 2.42 bits per heavy atom. The van der Waals surface area contributed by atoms with Gasteiger partial charge in [-0.05, 0) is 31.0 Å². The van der Waals surface area contributed by atoms with Crippen LogP contribution in [0.15, 0.2) is 30.3 Å². The highest BCUT2D eigenvalue weighted by Gasteiger charge is 2.29. The lowest BCUT2D eigenvalue weighted by atomic mass is 10.1. The van der Waals surface area contributed by atoms with E-state index >= 15 is 0 Å². The van der Waals surface area contributed by atoms with Crippen LogP contribution in [0, 0.1) is 17.0 Å². The summed E-state index contributed by atoms with van der Waals surface area (Å²) in [7, 11) is 0. The van der Waals surface area contributed by atoms with Crippen molar-refractivity contribution in [2.75, 3.05) is 6.54 Å². The second-order valence-electron chi connectivity index (χ2n) is 5.01. The van der Waals surface area contributed by atoms with Gasteiger partial charge in [0.2, 0.25) is 0 Å². The van der Waals surface area contributed by atoms with Crippen LogP contribution in [0.4, 0.5) is 18.9 Å². The van der Waals surface area contributed by atoms with Crippen molar-refractivity contribution in [2.45, 2.75) is 19.5 Å². The van der Waals surface area contributed by atoms with Crippen LogP contribution in [0.1, 0.15) is 25.7 Å². The Labute approximate surface area is 139 Å². The summed E-state index contributed by atoms with van der Waals surface area (Å²) in [5.41, 5.74) is -0.179. The number of nitrogens with one attached hydrogen (secondary N) is 1. The molecule has 2 rings (SSSR count). The quantitative estimate of drug-likeness (QED) is 0.650. The third-order valence-electron chi connectivity index (χ3n) is 3.29. The number of benzene rings is 1. The molecule has 1 N–H and O–H groups in total. The number of amides is 1. The molecule has 5 nitrogen and oxygen atoms in total. The number of rotatable bonds is 5. The highest BCUT2D eigenvalue weighted by atomic mass is 32.1. The van der Waals surface area contributed by atoms with Crippen molar-refractivity contribution in [1.29, 1.82) is 0 Å². The van der Waals surface area contributed by atoms with Crippen molar-refractivity contribution in [3.05, 3.63) is 61.3 Å². The van der Waals surface area contributed by atoms with Gasteiger partial charge in [-0.2, -0.15) is 13.2 Å². The SMILES string of the molecule is Cc1sc(C(=O)NCCc2ccc(C(F)(F)F)cc2)cc1[N+](=O)[O-]. The number of hydrogen-bond acceptors (Lipinski definition) is 4. The highest BCUT2D eigenvalue weighted by Crippen LogP contribution is 2.29. The molecular weight excluding hydrogens is 345 g/mol. The van der Waals surface area contributed by atoms with Crippen molar-refractivity contribution >= 4 is 22.9 Å². The molecule has 1 aromatic carbocycles. The first-order chi connectivity index (χ1) is 11.2. The molecule has 0 aliphatic carbocycles. The third kappa shape index (κ3) is 4.31. The van der Waals surface area contributed by atoms with E-state index in [4.69, 9.17) is 0 Å². The lowest BCUT2D eigenvalue weighted by Gasteiger charge is -2.08. The fourth-order valence-electron chi connectivity index (χ4n) is 2.03. The standard InChI is InChI=1S/C15H13F3N2O3S/c1-9-12(20(22)23)8-13(24-9)14(21)19-7-6-10-2-4-11(5-3-10)15(16,17)18/h2-5,8H,6-7H2,1H3,(H,19,21). The van der Waals surface area contributed by atoms with Gasteiger partial charge in [-0.3, -0.25) is 14.9 Å². The molecule has 0 aliphatic heterocycles. The van der Waals surface area contributed by atoms with Crippen molar-refractivity contribution in [3.8, 4) is 0 Å². The van der Waals surface area contributed by atoms with Gasteiger partial charge in [-0.25, -0.2) is 0 Å². The minimum atomic E-state index is -4.38. The summed E-state index contributed by atoms with van der Waals surface area (Å²) in [4.78, 5) is 22.8. The van der Waals surface area contributed by atoms with Crippen LogP contribution in [0.5, 0.6) is 0 Å². The first-order valence-corrected chi connectivity index (χ1v) is 7.69. The summed E-state index contributed by atoms with van der Waals surface area (Å²) >= 11 is 1.02. The van der Waals surface area contributed by atoms with E-state index in [0.717, 1.165) is 23.5 Å². The Kier molecular flexibility index (Phi) is 5.23. The van der Waals surface area contributed by atoms with Crippen molar-refractivity contribution < 1.29 is 22.9 Å². The van der Waals surface area contributed by atoms with Gasteiger partial charge in [0.25, 0.3) is 11.6 Å². The fraction of sp³-hybridized carbons (Fsp3) is 0.267. The molecule has 0 spiro atoms. The Morgan fingerprint density at radius 2 is 1.92 bits per heavy atom. The summed E-state index contributed by atoms with van der Waals surface area (Å²) in [5.74, 6) is -0.442. The Balaban J connectivity index is 1.91. The molecule has 24 heavy (non-hydrogen) atoms. The molecule has 1 heterocycles. The average Bonchev–Trinajstić information content (AvgIpc) is 2.89. The van der Waals surface area contributed by atoms with Gasteiger partial charge in [0.1, 0.15) is 0 Å². The summed E-state index contributed by atoms with van der Waals surface area (Å²) in [6.07, 6.45) is -4.02. The number of carbonyl (C=O) groups excluding carboxylic acids is 1. The van der Waals surface area contributed by atoms with E-state index in [1.165, 1.54) is 18.2 Å². The van der Waals surface area contributed by atoms with Crippen LogP contribution < -0.4 is 5.32 Å². The van der Waals surface area contributed by atoms with Crippen LogP contribution in [-0.2, 0) is 12.6 Å². The van der Waals surface area contributed by atoms with Crippen molar-refractivity contribution in [3.63, 3.8) is 0 Å². The number of aryl methyl sites for hydroxylation is 1. The molecule has 0 radical (unpaired) electrons. The molecule has 0 saturated carbocycles. The summed E-state index contributed by atoms with van der Waals surface area (Å²) < 4.78 is 37.4. The number of hydrogen-bond donors (Lipinski definition) is 1. The molecule has 1 amide bonds. The maximum absolute atomic E-state index is 12.5. The molecule has 0 unspecified atom stereocenters. The second kappa shape index (κ2) is 7.00. The normalized spacial score (nSPS) is 11.3. The van der Waals surface area contributed by atoms with Gasteiger partial charge in [-0.1, -0.05) is 12.1 Å². The van der Waals surface area contributed by atoms with E-state index in [-0.39, 0.29) is 17.1 Å². The van der Waals surface area contributed by atoms with E-state index in [2.05, 4.69) is 5.32 Å². The third-order valence-corrected chi connectivity index (χ3v) is 4.33. The zero-order valence-electron chi connectivity index (χ0n) is 12.5. The molecule has 0 fully saturated rings. The van der Waals surface area contributed by atoms with Crippen LogP contribution >= 0.6 is 11.3 Å². The first-order valence-electron chi connectivity index (χ1n) is 6.87. The molecule has 2 aromatic rings. The average molecular weight is 358 g/mol. The first kappa shape index (κ1) is 17.9. The zero-order valence-corrected chi connectivity index (χ0v) is 13.3. The minimum Gasteiger partial charge on any atom is -0.351 e. The van der Waals surface area contributed by atoms with Gasteiger partial charge in [-0.15, -0.1) is 11.3 Å². The van der Waals surface area contributed by atoms with E-state index in [9.17, 15) is 28.1 Å². The second-order valence-corrected chi connectivity index (χ2v) is 6.27. The number of carbonyl (C=O) groups is 1. The lowest BCUT2D eigenvalue weighted by molar-refractivity contribution is -0.385. The molecular formula is C15H13F3N2O3S. The minimum absolute atomic E-state index is 0.104. The van der Waals surface area contributed by atoms with Crippen molar-refractivity contribution in [1.82, 2.24) is 5.32 Å². The summed E-state index contributed by atoms with van der Waals surface area (Å²) in [6, 6.07) is 5.91. The Morgan fingerprint density at radius 1 is 1.29 bits per heavy atom. The Hall–Kier alpha value is -2.42. The zero-order chi connectivity index (χ0) is 17.9. The molecule has 0 bridgehead atoms. The topological polar surface area (TPSA) is 72.2 Å². The number of nitro groups is 1. The number of alkyl halides is 3. The summed E-state index contributed by atoms with van der Waals surface area (Å²) in [6.45, 7) is 1.77. The van der Waals surface area contributed by atoms with Crippen molar-refractivity contribution in [2.24, 2.45) is 0 Å². The van der Waals surface area contributed by atoms with E-state index < -0.39 is 22.6 Å². The Bertz CT molecular complexity index is 754. The monoisotopic (exact) mass is 358 g/mol. The van der Waals surface area contributed by atoms with E-state index in [1.807, 2.05) is 0 Å². The maximum atomic E-state index is 12.5. The largest absolute Gasteiger partial charge is 0.416 e. The van der Waals surface area contributed by atoms with Gasteiger partial charge in [0.15, 0.2) is 0 Å². The number of halogens is 3. The summed E-state index contributed by atoms with van der Waals surface area (Å²) in [5, 5.41) is 13.4. The predicted molar refractivity (Wildman–Crippen MR) is 83.2 cm³/mol. The van der Waals surface area contributed by atoms with Crippen LogP contribution in [0.25, 0.3) is 0 Å². The molecule has 0 saturated heterocycles. The number of thiophene rings is 1. The number of nitrogens with zero attached hydrogens (tertiary/aromatic N) is 1. The van der Waals surface area contributed by atoms with Gasteiger partial charge >= 0.3 is 6.18 Å². The maximum Gasteiger partial charge on any atom is 0.416 e. The van der Waals surface area contributed by atoms with Gasteiger partial charge in [0, 0.05) is 12.6 Å². The van der Waals surface area contributed by atoms with Gasteiger partial charge < -0.3 is 5.32 Å². The molecule has 0 aliphatic rings. The molecule has 0 atom stereocenters. The lowest BCUT2D eigenvalue weighted by Crippen LogP contribution is -2.24. The predicted octanol–water partition coefficient (Wildman–Crippen LogP) is 3.96. The van der Waals surface area contributed by atoms with E-state index in [1.54, 1.807) is 6.92 Å². The molecule has 128 valence electrons. The highest BCUT2D eigenvalue weighted by molar-refractivity contribution is 7.14. The molecule has 1 aromatic heterocycles. The van der Waals surface area contributed by atoms with Crippen LogP contribution in [0.2, 0.25) is 0 Å². The van der Waals surface area contributed by atoms with Crippen LogP contribution in [0.3, 0.4) is 0 Å². The van der Waals surface area contributed by atoms with Crippen LogP contribution in [-0.4, -0.2) is 17.4 Å².